The summed E-state index contributed by atoms with van der Waals surface area (Å²) in [5.41, 5.74) is 0.125. The quantitative estimate of drug-likeness (QED) is 0.360. The molecule has 0 radical (unpaired) electrons. The normalized spacial score (nSPS) is 13.4. The van der Waals surface area contributed by atoms with E-state index < -0.39 is 18.6 Å². The van der Waals surface area contributed by atoms with E-state index in [-0.39, 0.29) is 17.9 Å². The number of benzene rings is 1. The summed E-state index contributed by atoms with van der Waals surface area (Å²) < 4.78 is 30.7. The van der Waals surface area contributed by atoms with E-state index in [4.69, 9.17) is 9.94 Å². The molecule has 1 atom stereocenters. The highest BCUT2D eigenvalue weighted by molar-refractivity contribution is 6.01. The predicted octanol–water partition coefficient (Wildman–Crippen LogP) is 2.54. The first-order valence-corrected chi connectivity index (χ1v) is 4.98. The molecule has 0 saturated carbocycles. The van der Waals surface area contributed by atoms with Crippen molar-refractivity contribution in [3.8, 4) is 0 Å². The average molecular weight is 241 g/mol. The van der Waals surface area contributed by atoms with Gasteiger partial charge in [0.2, 0.25) is 0 Å². The third kappa shape index (κ3) is 3.64. The summed E-state index contributed by atoms with van der Waals surface area (Å²) in [6, 6.07) is 5.80. The summed E-state index contributed by atoms with van der Waals surface area (Å²) in [5, 5.41) is 11.7. The van der Waals surface area contributed by atoms with Crippen molar-refractivity contribution in [1.29, 1.82) is 0 Å². The van der Waals surface area contributed by atoms with E-state index in [1.165, 1.54) is 24.3 Å². The van der Waals surface area contributed by atoms with Crippen LogP contribution in [0.5, 0.6) is 0 Å². The molecule has 0 aromatic heterocycles. The second-order valence-electron chi connectivity index (χ2n) is 3.27. The average Bonchev–Trinajstić information content (AvgIpc) is 2.36. The van der Waals surface area contributed by atoms with Crippen molar-refractivity contribution in [2.75, 3.05) is 13.3 Å². The van der Waals surface area contributed by atoms with Crippen molar-refractivity contribution in [3.63, 3.8) is 0 Å². The Morgan fingerprint density at radius 1 is 1.53 bits per heavy atom. The number of hydrogen-bond donors (Lipinski definition) is 1. The zero-order chi connectivity index (χ0) is 12.7. The fraction of sp³-hybridized carbons (Fsp3) is 0.250. The van der Waals surface area contributed by atoms with E-state index >= 15 is 0 Å². The molecular formula is C12H13F2NO2. The van der Waals surface area contributed by atoms with Crippen LogP contribution in [0.1, 0.15) is 5.56 Å². The number of oxime groups is 1. The largest absolute Gasteiger partial charge is 0.411 e. The Morgan fingerprint density at radius 3 is 2.76 bits per heavy atom. The standard InChI is InChI=1S/C12H13F2NO2/c1-2-9(7-13)17-8-12(15-16)10-5-3-4-6-11(10)14/h2-6,9,16H,1,7-8H2/b15-12+/t9-/m0/s1. The van der Waals surface area contributed by atoms with Crippen LogP contribution in [0, 0.1) is 5.82 Å². The highest BCUT2D eigenvalue weighted by Gasteiger charge is 2.12. The molecule has 0 unspecified atom stereocenters. The number of nitrogens with zero attached hydrogens (tertiary/aromatic N) is 1. The van der Waals surface area contributed by atoms with Crippen LogP contribution in [-0.4, -0.2) is 30.3 Å². The van der Waals surface area contributed by atoms with Crippen LogP contribution >= 0.6 is 0 Å². The van der Waals surface area contributed by atoms with Gasteiger partial charge in [-0.15, -0.1) is 6.58 Å². The Morgan fingerprint density at radius 2 is 2.24 bits per heavy atom. The van der Waals surface area contributed by atoms with Crippen LogP contribution < -0.4 is 0 Å². The molecule has 0 aliphatic rings. The van der Waals surface area contributed by atoms with Gasteiger partial charge in [-0.2, -0.15) is 0 Å². The fourth-order valence-corrected chi connectivity index (χ4v) is 1.22. The molecule has 0 spiro atoms. The SMILES string of the molecule is C=C[C@@H](CF)OC/C(=N\O)c1ccccc1F. The second kappa shape index (κ2) is 6.75. The molecule has 17 heavy (non-hydrogen) atoms. The number of ether oxygens (including phenoxy) is 1. The van der Waals surface area contributed by atoms with Gasteiger partial charge in [0.05, 0.1) is 6.61 Å². The van der Waals surface area contributed by atoms with Crippen LogP contribution in [0.2, 0.25) is 0 Å². The third-order valence-electron chi connectivity index (χ3n) is 2.15. The minimum Gasteiger partial charge on any atom is -0.411 e. The molecule has 0 saturated heterocycles. The minimum absolute atomic E-state index is 0.00315. The molecule has 1 aromatic carbocycles. The van der Waals surface area contributed by atoms with E-state index in [1.807, 2.05) is 0 Å². The van der Waals surface area contributed by atoms with Crippen molar-refractivity contribution < 1.29 is 18.7 Å². The molecule has 0 amide bonds. The summed E-state index contributed by atoms with van der Waals surface area (Å²) in [6.45, 7) is 2.45. The van der Waals surface area contributed by atoms with Crippen LogP contribution in [-0.2, 0) is 4.74 Å². The van der Waals surface area contributed by atoms with Gasteiger partial charge in [-0.25, -0.2) is 8.78 Å². The number of hydrogen-bond acceptors (Lipinski definition) is 3. The second-order valence-corrected chi connectivity index (χ2v) is 3.27. The van der Waals surface area contributed by atoms with Gasteiger partial charge in [-0.1, -0.05) is 23.4 Å². The smallest absolute Gasteiger partial charge is 0.132 e. The molecule has 5 heteroatoms. The number of alkyl halides is 1. The first-order valence-electron chi connectivity index (χ1n) is 4.98. The fourth-order valence-electron chi connectivity index (χ4n) is 1.22. The molecule has 3 nitrogen and oxygen atoms in total. The number of halogens is 2. The highest BCUT2D eigenvalue weighted by Crippen LogP contribution is 2.09. The zero-order valence-corrected chi connectivity index (χ0v) is 9.14. The van der Waals surface area contributed by atoms with Crippen LogP contribution in [0.4, 0.5) is 8.78 Å². The van der Waals surface area contributed by atoms with Crippen molar-refractivity contribution in [1.82, 2.24) is 0 Å². The van der Waals surface area contributed by atoms with Crippen molar-refractivity contribution in [2.24, 2.45) is 5.16 Å². The van der Waals surface area contributed by atoms with Gasteiger partial charge in [0, 0.05) is 5.56 Å². The molecule has 0 bridgehead atoms. The summed E-state index contributed by atoms with van der Waals surface area (Å²) >= 11 is 0. The van der Waals surface area contributed by atoms with Gasteiger partial charge in [0.1, 0.15) is 24.3 Å². The van der Waals surface area contributed by atoms with E-state index in [1.54, 1.807) is 6.07 Å². The molecule has 0 heterocycles. The molecule has 1 rings (SSSR count). The molecule has 1 N–H and O–H groups in total. The molecular weight excluding hydrogens is 228 g/mol. The summed E-state index contributed by atoms with van der Waals surface area (Å²) in [6.07, 6.45) is 0.495. The molecule has 1 aromatic rings. The summed E-state index contributed by atoms with van der Waals surface area (Å²) in [5.74, 6) is -0.528. The van der Waals surface area contributed by atoms with Gasteiger partial charge in [-0.3, -0.25) is 0 Å². The van der Waals surface area contributed by atoms with Crippen LogP contribution in [0.25, 0.3) is 0 Å². The van der Waals surface area contributed by atoms with Crippen molar-refractivity contribution in [2.45, 2.75) is 6.10 Å². The Labute approximate surface area is 98.0 Å². The Kier molecular flexibility index (Phi) is 5.29. The maximum atomic E-state index is 13.4. The Balaban J connectivity index is 2.74. The molecule has 0 aliphatic carbocycles. The van der Waals surface area contributed by atoms with E-state index in [9.17, 15) is 8.78 Å². The maximum absolute atomic E-state index is 13.4. The summed E-state index contributed by atoms with van der Waals surface area (Å²) in [7, 11) is 0. The highest BCUT2D eigenvalue weighted by atomic mass is 19.1. The monoisotopic (exact) mass is 241 g/mol. The molecule has 0 aliphatic heterocycles. The Hall–Kier alpha value is -1.75. The lowest BCUT2D eigenvalue weighted by atomic mass is 10.1. The summed E-state index contributed by atoms with van der Waals surface area (Å²) in [4.78, 5) is 0. The maximum Gasteiger partial charge on any atom is 0.132 e. The number of rotatable bonds is 6. The minimum atomic E-state index is -0.793. The first-order chi connectivity index (χ1) is 8.22. The van der Waals surface area contributed by atoms with E-state index in [0.29, 0.717) is 0 Å². The van der Waals surface area contributed by atoms with Gasteiger partial charge in [0.25, 0.3) is 0 Å². The van der Waals surface area contributed by atoms with Gasteiger partial charge in [-0.05, 0) is 12.1 Å². The van der Waals surface area contributed by atoms with Gasteiger partial charge < -0.3 is 9.94 Å². The zero-order valence-electron chi connectivity index (χ0n) is 9.14. The van der Waals surface area contributed by atoms with Crippen LogP contribution in [0.15, 0.2) is 42.1 Å². The Bertz CT molecular complexity index is 407. The predicted molar refractivity (Wildman–Crippen MR) is 60.6 cm³/mol. The topological polar surface area (TPSA) is 41.8 Å². The van der Waals surface area contributed by atoms with Gasteiger partial charge in [0.15, 0.2) is 0 Å². The molecule has 0 fully saturated rings. The lowest BCUT2D eigenvalue weighted by Gasteiger charge is -2.11. The van der Waals surface area contributed by atoms with Crippen LogP contribution in [0.3, 0.4) is 0 Å². The third-order valence-corrected chi connectivity index (χ3v) is 2.15. The lowest BCUT2D eigenvalue weighted by molar-refractivity contribution is 0.0944. The van der Waals surface area contributed by atoms with Gasteiger partial charge >= 0.3 is 0 Å². The van der Waals surface area contributed by atoms with E-state index in [2.05, 4.69) is 11.7 Å². The molecule has 92 valence electrons. The van der Waals surface area contributed by atoms with Crippen molar-refractivity contribution >= 4 is 5.71 Å². The van der Waals surface area contributed by atoms with Crippen molar-refractivity contribution in [3.05, 3.63) is 48.3 Å². The lowest BCUT2D eigenvalue weighted by Crippen LogP contribution is -2.19. The van der Waals surface area contributed by atoms with E-state index in [0.717, 1.165) is 0 Å². The first kappa shape index (κ1) is 13.3.